The standard InChI is InChI=1S/C17H24N2O3S/c1-2-3-4-8-18-15(20)14-11-23-17(13-7-9-22-10-13)19(14)16(21)12-5-6-12/h7,9-10,12,14,17H,2-6,8,11H2,1H3,(H,18,20). The summed E-state index contributed by atoms with van der Waals surface area (Å²) in [5.74, 6) is 0.857. The van der Waals surface area contributed by atoms with Crippen molar-refractivity contribution in [2.24, 2.45) is 5.92 Å². The van der Waals surface area contributed by atoms with E-state index < -0.39 is 0 Å². The molecule has 23 heavy (non-hydrogen) atoms. The molecule has 2 aliphatic rings. The van der Waals surface area contributed by atoms with Crippen LogP contribution in [0.3, 0.4) is 0 Å². The number of unbranched alkanes of at least 4 members (excludes halogenated alkanes) is 2. The van der Waals surface area contributed by atoms with Gasteiger partial charge in [-0.15, -0.1) is 11.8 Å². The average molecular weight is 336 g/mol. The van der Waals surface area contributed by atoms with E-state index in [0.29, 0.717) is 12.3 Å². The molecule has 0 aromatic carbocycles. The van der Waals surface area contributed by atoms with Gasteiger partial charge >= 0.3 is 0 Å². The second kappa shape index (κ2) is 7.43. The van der Waals surface area contributed by atoms with Crippen molar-refractivity contribution in [2.75, 3.05) is 12.3 Å². The maximum atomic E-state index is 12.7. The Morgan fingerprint density at radius 1 is 1.39 bits per heavy atom. The molecule has 2 fully saturated rings. The summed E-state index contributed by atoms with van der Waals surface area (Å²) in [6.07, 6.45) is 8.42. The molecule has 2 amide bonds. The first kappa shape index (κ1) is 16.4. The third-order valence-electron chi connectivity index (χ3n) is 4.39. The van der Waals surface area contributed by atoms with Gasteiger partial charge in [0.2, 0.25) is 11.8 Å². The molecule has 6 heteroatoms. The predicted octanol–water partition coefficient (Wildman–Crippen LogP) is 2.94. The van der Waals surface area contributed by atoms with Gasteiger partial charge in [-0.05, 0) is 25.3 Å². The summed E-state index contributed by atoms with van der Waals surface area (Å²) in [7, 11) is 0. The molecule has 0 bridgehead atoms. The third kappa shape index (κ3) is 3.74. The highest BCUT2D eigenvalue weighted by atomic mass is 32.2. The molecule has 0 radical (unpaired) electrons. The van der Waals surface area contributed by atoms with Gasteiger partial charge in [-0.1, -0.05) is 19.8 Å². The molecule has 1 aliphatic heterocycles. The molecule has 1 saturated carbocycles. The van der Waals surface area contributed by atoms with Crippen LogP contribution in [0.5, 0.6) is 0 Å². The third-order valence-corrected chi connectivity index (χ3v) is 5.72. The van der Waals surface area contributed by atoms with Crippen LogP contribution in [0.1, 0.15) is 50.0 Å². The van der Waals surface area contributed by atoms with Crippen LogP contribution in [0, 0.1) is 5.92 Å². The Hall–Kier alpha value is -1.43. The van der Waals surface area contributed by atoms with E-state index in [1.54, 1.807) is 29.2 Å². The van der Waals surface area contributed by atoms with Gasteiger partial charge in [-0.2, -0.15) is 0 Å². The largest absolute Gasteiger partial charge is 0.472 e. The normalized spacial score (nSPS) is 24.0. The molecule has 2 atom stereocenters. The SMILES string of the molecule is CCCCCNC(=O)C1CSC(c2ccoc2)N1C(=O)C1CC1. The van der Waals surface area contributed by atoms with Crippen LogP contribution in [-0.2, 0) is 9.59 Å². The maximum absolute atomic E-state index is 12.7. The summed E-state index contributed by atoms with van der Waals surface area (Å²) in [6.45, 7) is 2.83. The molecule has 1 aromatic rings. The van der Waals surface area contributed by atoms with Gasteiger partial charge in [0.05, 0.1) is 12.5 Å². The van der Waals surface area contributed by atoms with Gasteiger partial charge in [0.25, 0.3) is 0 Å². The van der Waals surface area contributed by atoms with Gasteiger partial charge in [-0.3, -0.25) is 9.59 Å². The lowest BCUT2D eigenvalue weighted by Crippen LogP contribution is -2.48. The second-order valence-corrected chi connectivity index (χ2v) is 7.39. The number of carbonyl (C=O) groups is 2. The van der Waals surface area contributed by atoms with Crippen molar-refractivity contribution < 1.29 is 14.0 Å². The summed E-state index contributed by atoms with van der Waals surface area (Å²) in [5.41, 5.74) is 0.963. The molecule has 1 N–H and O–H groups in total. The first-order chi connectivity index (χ1) is 11.2. The van der Waals surface area contributed by atoms with Gasteiger partial charge < -0.3 is 14.6 Å². The van der Waals surface area contributed by atoms with Crippen molar-refractivity contribution in [1.29, 1.82) is 0 Å². The van der Waals surface area contributed by atoms with Gasteiger partial charge in [-0.25, -0.2) is 0 Å². The van der Waals surface area contributed by atoms with Gasteiger partial charge in [0, 0.05) is 23.8 Å². The highest BCUT2D eigenvalue weighted by molar-refractivity contribution is 7.99. The molecule has 1 aliphatic carbocycles. The number of nitrogens with one attached hydrogen (secondary N) is 1. The monoisotopic (exact) mass is 336 g/mol. The summed E-state index contributed by atoms with van der Waals surface area (Å²) in [4.78, 5) is 27.0. The Labute approximate surface area is 141 Å². The Balaban J connectivity index is 1.68. The van der Waals surface area contributed by atoms with Crippen LogP contribution in [0.2, 0.25) is 0 Å². The number of furan rings is 1. The van der Waals surface area contributed by atoms with Crippen molar-refractivity contribution in [2.45, 2.75) is 50.4 Å². The highest BCUT2D eigenvalue weighted by Gasteiger charge is 2.46. The molecule has 1 aromatic heterocycles. The lowest BCUT2D eigenvalue weighted by atomic mass is 10.2. The zero-order valence-corrected chi connectivity index (χ0v) is 14.3. The van der Waals surface area contributed by atoms with E-state index in [9.17, 15) is 9.59 Å². The quantitative estimate of drug-likeness (QED) is 0.778. The number of hydrogen-bond acceptors (Lipinski definition) is 4. The van der Waals surface area contributed by atoms with E-state index in [0.717, 1.165) is 37.7 Å². The fourth-order valence-corrected chi connectivity index (χ4v) is 4.31. The minimum absolute atomic E-state index is 0.0198. The van der Waals surface area contributed by atoms with Crippen LogP contribution in [0.25, 0.3) is 0 Å². The van der Waals surface area contributed by atoms with Crippen LogP contribution in [-0.4, -0.2) is 35.1 Å². The molecule has 5 nitrogen and oxygen atoms in total. The predicted molar refractivity (Wildman–Crippen MR) is 89.8 cm³/mol. The smallest absolute Gasteiger partial charge is 0.243 e. The number of hydrogen-bond donors (Lipinski definition) is 1. The van der Waals surface area contributed by atoms with Crippen LogP contribution >= 0.6 is 11.8 Å². The van der Waals surface area contributed by atoms with Crippen LogP contribution < -0.4 is 5.32 Å². The Morgan fingerprint density at radius 3 is 2.87 bits per heavy atom. The number of thioether (sulfide) groups is 1. The number of rotatable bonds is 7. The summed E-state index contributed by atoms with van der Waals surface area (Å²) in [6, 6.07) is 1.52. The zero-order chi connectivity index (χ0) is 16.2. The number of amides is 2. The van der Waals surface area contributed by atoms with Gasteiger partial charge in [0.1, 0.15) is 11.4 Å². The Morgan fingerprint density at radius 2 is 2.22 bits per heavy atom. The summed E-state index contributed by atoms with van der Waals surface area (Å²) < 4.78 is 5.17. The molecule has 2 unspecified atom stereocenters. The first-order valence-electron chi connectivity index (χ1n) is 8.46. The van der Waals surface area contributed by atoms with Crippen molar-refractivity contribution in [3.05, 3.63) is 24.2 Å². The average Bonchev–Trinajstić information content (AvgIpc) is 3.09. The number of carbonyl (C=O) groups excluding carboxylic acids is 2. The van der Waals surface area contributed by atoms with Crippen molar-refractivity contribution >= 4 is 23.6 Å². The van der Waals surface area contributed by atoms with E-state index in [4.69, 9.17) is 4.42 Å². The lowest BCUT2D eigenvalue weighted by molar-refractivity contribution is -0.140. The van der Waals surface area contributed by atoms with Crippen molar-refractivity contribution in [3.63, 3.8) is 0 Å². The van der Waals surface area contributed by atoms with Gasteiger partial charge in [0.15, 0.2) is 0 Å². The molecule has 2 heterocycles. The fourth-order valence-electron chi connectivity index (χ4n) is 2.90. The highest BCUT2D eigenvalue weighted by Crippen LogP contribution is 2.45. The fraction of sp³-hybridized carbons (Fsp3) is 0.647. The first-order valence-corrected chi connectivity index (χ1v) is 9.50. The topological polar surface area (TPSA) is 62.6 Å². The van der Waals surface area contributed by atoms with E-state index in [1.165, 1.54) is 0 Å². The zero-order valence-electron chi connectivity index (χ0n) is 13.5. The van der Waals surface area contributed by atoms with E-state index in [1.807, 2.05) is 6.07 Å². The van der Waals surface area contributed by atoms with Crippen LogP contribution in [0.15, 0.2) is 23.0 Å². The van der Waals surface area contributed by atoms with Crippen LogP contribution in [0.4, 0.5) is 0 Å². The van der Waals surface area contributed by atoms with Crippen molar-refractivity contribution in [3.8, 4) is 0 Å². The number of nitrogens with zero attached hydrogens (tertiary/aromatic N) is 1. The minimum Gasteiger partial charge on any atom is -0.472 e. The molecular formula is C17H24N2O3S. The Kier molecular flexibility index (Phi) is 5.30. The molecule has 126 valence electrons. The van der Waals surface area contributed by atoms with Crippen molar-refractivity contribution in [1.82, 2.24) is 10.2 Å². The summed E-state index contributed by atoms with van der Waals surface area (Å²) in [5, 5.41) is 2.90. The molecule has 1 saturated heterocycles. The van der Waals surface area contributed by atoms with E-state index in [2.05, 4.69) is 12.2 Å². The molecular weight excluding hydrogens is 312 g/mol. The minimum atomic E-state index is -0.366. The maximum Gasteiger partial charge on any atom is 0.243 e. The molecule has 0 spiro atoms. The van der Waals surface area contributed by atoms with E-state index >= 15 is 0 Å². The summed E-state index contributed by atoms with van der Waals surface area (Å²) >= 11 is 1.65. The second-order valence-electron chi connectivity index (χ2n) is 6.28. The van der Waals surface area contributed by atoms with E-state index in [-0.39, 0.29) is 29.1 Å². The Bertz CT molecular complexity index is 542. The molecule has 3 rings (SSSR count). The lowest BCUT2D eigenvalue weighted by Gasteiger charge is -2.28.